The Morgan fingerprint density at radius 1 is 1.37 bits per heavy atom. The summed E-state index contributed by atoms with van der Waals surface area (Å²) in [6.45, 7) is 1.96. The molecule has 0 radical (unpaired) electrons. The van der Waals surface area contributed by atoms with Crippen molar-refractivity contribution in [2.75, 3.05) is 5.75 Å². The average molecular weight is 295 g/mol. The minimum absolute atomic E-state index is 0.0183. The molecule has 1 aromatic heterocycles. The molecular formula is C14H14FNOS2. The lowest BCUT2D eigenvalue weighted by molar-refractivity contribution is -0.119. The van der Waals surface area contributed by atoms with Gasteiger partial charge < -0.3 is 5.32 Å². The number of carbonyl (C=O) groups is 1. The molecule has 5 heteroatoms. The van der Waals surface area contributed by atoms with Crippen LogP contribution in [0.3, 0.4) is 0 Å². The first kappa shape index (κ1) is 14.1. The fourth-order valence-corrected chi connectivity index (χ4v) is 3.02. The molecule has 2 aromatic rings. The first-order valence-electron chi connectivity index (χ1n) is 5.86. The maximum Gasteiger partial charge on any atom is 0.230 e. The molecule has 2 nitrogen and oxygen atoms in total. The molecule has 0 fully saturated rings. The Morgan fingerprint density at radius 3 is 2.74 bits per heavy atom. The summed E-state index contributed by atoms with van der Waals surface area (Å²) < 4.78 is 12.7. The van der Waals surface area contributed by atoms with Gasteiger partial charge in [-0.1, -0.05) is 6.07 Å². The van der Waals surface area contributed by atoms with E-state index in [1.165, 1.54) is 23.9 Å². The van der Waals surface area contributed by atoms with Crippen LogP contribution in [0.5, 0.6) is 0 Å². The Bertz CT molecular complexity index is 525. The van der Waals surface area contributed by atoms with Crippen molar-refractivity contribution < 1.29 is 9.18 Å². The Kier molecular flexibility index (Phi) is 4.99. The van der Waals surface area contributed by atoms with Crippen LogP contribution in [-0.2, 0) is 4.79 Å². The molecule has 2 rings (SSSR count). The number of rotatable bonds is 5. The summed E-state index contributed by atoms with van der Waals surface area (Å²) in [6.07, 6.45) is 0. The molecule has 0 aliphatic rings. The number of nitrogens with one attached hydrogen (secondary N) is 1. The van der Waals surface area contributed by atoms with Crippen LogP contribution in [0.15, 0.2) is 46.7 Å². The van der Waals surface area contributed by atoms with E-state index in [1.807, 2.05) is 24.4 Å². The number of carbonyl (C=O) groups excluding carboxylic acids is 1. The number of hydrogen-bond acceptors (Lipinski definition) is 3. The summed E-state index contributed by atoms with van der Waals surface area (Å²) in [5, 5.41) is 4.93. The number of thiophene rings is 1. The summed E-state index contributed by atoms with van der Waals surface area (Å²) in [5.41, 5.74) is 0. The zero-order valence-electron chi connectivity index (χ0n) is 10.4. The minimum atomic E-state index is -0.264. The maximum atomic E-state index is 12.7. The van der Waals surface area contributed by atoms with Crippen LogP contribution >= 0.6 is 23.1 Å². The van der Waals surface area contributed by atoms with E-state index in [0.29, 0.717) is 5.75 Å². The lowest BCUT2D eigenvalue weighted by Gasteiger charge is -2.11. The fraction of sp³-hybridized carbons (Fsp3) is 0.214. The number of benzene rings is 1. The first-order chi connectivity index (χ1) is 9.15. The van der Waals surface area contributed by atoms with Crippen molar-refractivity contribution in [2.24, 2.45) is 0 Å². The van der Waals surface area contributed by atoms with Gasteiger partial charge in [0.2, 0.25) is 5.91 Å². The predicted molar refractivity (Wildman–Crippen MR) is 78.0 cm³/mol. The summed E-state index contributed by atoms with van der Waals surface area (Å²) in [6, 6.07) is 10.1. The Hall–Kier alpha value is -1.33. The van der Waals surface area contributed by atoms with Crippen LogP contribution in [0.1, 0.15) is 17.8 Å². The van der Waals surface area contributed by atoms with Gasteiger partial charge in [0.25, 0.3) is 0 Å². The monoisotopic (exact) mass is 295 g/mol. The van der Waals surface area contributed by atoms with Gasteiger partial charge in [0.05, 0.1) is 11.8 Å². The second kappa shape index (κ2) is 6.73. The molecule has 1 unspecified atom stereocenters. The van der Waals surface area contributed by atoms with Gasteiger partial charge in [-0.25, -0.2) is 4.39 Å². The predicted octanol–water partition coefficient (Wildman–Crippen LogP) is 3.86. The first-order valence-corrected chi connectivity index (χ1v) is 7.73. The van der Waals surface area contributed by atoms with Gasteiger partial charge in [0, 0.05) is 9.77 Å². The third kappa shape index (κ3) is 4.36. The molecule has 0 aliphatic carbocycles. The number of amides is 1. The highest BCUT2D eigenvalue weighted by atomic mass is 32.2. The van der Waals surface area contributed by atoms with E-state index in [0.717, 1.165) is 9.77 Å². The highest BCUT2D eigenvalue weighted by Gasteiger charge is 2.10. The standard InChI is InChI=1S/C14H14FNOS2/c1-10(13-3-2-8-18-13)16-14(17)9-19-12-6-4-11(15)5-7-12/h2-8,10H,9H2,1H3,(H,16,17). The molecule has 100 valence electrons. The smallest absolute Gasteiger partial charge is 0.230 e. The zero-order chi connectivity index (χ0) is 13.7. The quantitative estimate of drug-likeness (QED) is 0.849. The molecule has 1 heterocycles. The molecule has 0 spiro atoms. The Labute approximate surface area is 120 Å². The van der Waals surface area contributed by atoms with Crippen LogP contribution in [0.4, 0.5) is 4.39 Å². The number of hydrogen-bond donors (Lipinski definition) is 1. The summed E-state index contributed by atoms with van der Waals surface area (Å²) in [5.74, 6) is 0.0526. The molecule has 1 aromatic carbocycles. The molecule has 19 heavy (non-hydrogen) atoms. The van der Waals surface area contributed by atoms with E-state index in [2.05, 4.69) is 5.32 Å². The SMILES string of the molecule is CC(NC(=O)CSc1ccc(F)cc1)c1cccs1. The summed E-state index contributed by atoms with van der Waals surface area (Å²) >= 11 is 3.03. The van der Waals surface area contributed by atoms with E-state index < -0.39 is 0 Å². The van der Waals surface area contributed by atoms with Crippen molar-refractivity contribution in [3.05, 3.63) is 52.5 Å². The third-order valence-electron chi connectivity index (χ3n) is 2.53. The largest absolute Gasteiger partial charge is 0.348 e. The van der Waals surface area contributed by atoms with Crippen molar-refractivity contribution in [2.45, 2.75) is 17.9 Å². The van der Waals surface area contributed by atoms with E-state index >= 15 is 0 Å². The van der Waals surface area contributed by atoms with Gasteiger partial charge in [0.15, 0.2) is 0 Å². The Balaban J connectivity index is 1.80. The lowest BCUT2D eigenvalue weighted by atomic mass is 10.3. The molecule has 0 saturated heterocycles. The fourth-order valence-electron chi connectivity index (χ4n) is 1.57. The van der Waals surface area contributed by atoms with Gasteiger partial charge in [0.1, 0.15) is 5.82 Å². The van der Waals surface area contributed by atoms with Gasteiger partial charge >= 0.3 is 0 Å². The molecular weight excluding hydrogens is 281 g/mol. The van der Waals surface area contributed by atoms with Gasteiger partial charge in [-0.2, -0.15) is 0 Å². The molecule has 1 atom stereocenters. The highest BCUT2D eigenvalue weighted by molar-refractivity contribution is 8.00. The van der Waals surface area contributed by atoms with Crippen LogP contribution in [0.2, 0.25) is 0 Å². The average Bonchev–Trinajstić information content (AvgIpc) is 2.92. The summed E-state index contributed by atoms with van der Waals surface area (Å²) in [7, 11) is 0. The molecule has 1 N–H and O–H groups in total. The molecule has 0 aliphatic heterocycles. The highest BCUT2D eigenvalue weighted by Crippen LogP contribution is 2.20. The topological polar surface area (TPSA) is 29.1 Å². The minimum Gasteiger partial charge on any atom is -0.348 e. The van der Waals surface area contributed by atoms with E-state index in [1.54, 1.807) is 23.5 Å². The van der Waals surface area contributed by atoms with Crippen molar-refractivity contribution in [1.82, 2.24) is 5.32 Å². The van der Waals surface area contributed by atoms with Gasteiger partial charge in [-0.3, -0.25) is 4.79 Å². The Morgan fingerprint density at radius 2 is 2.11 bits per heavy atom. The molecule has 0 saturated carbocycles. The van der Waals surface area contributed by atoms with E-state index in [9.17, 15) is 9.18 Å². The second-order valence-corrected chi connectivity index (χ2v) is 6.08. The van der Waals surface area contributed by atoms with Crippen LogP contribution in [0, 0.1) is 5.82 Å². The van der Waals surface area contributed by atoms with Gasteiger partial charge in [-0.15, -0.1) is 23.1 Å². The maximum absolute atomic E-state index is 12.7. The van der Waals surface area contributed by atoms with Crippen molar-refractivity contribution >= 4 is 29.0 Å². The summed E-state index contributed by atoms with van der Waals surface area (Å²) in [4.78, 5) is 13.8. The number of thioether (sulfide) groups is 1. The van der Waals surface area contributed by atoms with Crippen molar-refractivity contribution in [3.8, 4) is 0 Å². The van der Waals surface area contributed by atoms with E-state index in [4.69, 9.17) is 0 Å². The molecule has 0 bridgehead atoms. The van der Waals surface area contributed by atoms with Crippen LogP contribution < -0.4 is 5.32 Å². The van der Waals surface area contributed by atoms with Crippen LogP contribution in [-0.4, -0.2) is 11.7 Å². The second-order valence-electron chi connectivity index (χ2n) is 4.05. The zero-order valence-corrected chi connectivity index (χ0v) is 12.1. The van der Waals surface area contributed by atoms with E-state index in [-0.39, 0.29) is 17.8 Å². The normalized spacial score (nSPS) is 12.1. The number of halogens is 1. The third-order valence-corrected chi connectivity index (χ3v) is 4.60. The molecule has 1 amide bonds. The van der Waals surface area contributed by atoms with Gasteiger partial charge in [-0.05, 0) is 42.6 Å². The van der Waals surface area contributed by atoms with Crippen molar-refractivity contribution in [1.29, 1.82) is 0 Å². The lowest BCUT2D eigenvalue weighted by Crippen LogP contribution is -2.27. The van der Waals surface area contributed by atoms with Crippen LogP contribution in [0.25, 0.3) is 0 Å². The van der Waals surface area contributed by atoms with Crippen molar-refractivity contribution in [3.63, 3.8) is 0 Å².